The summed E-state index contributed by atoms with van der Waals surface area (Å²) in [5.74, 6) is 1.94. The van der Waals surface area contributed by atoms with Gasteiger partial charge in [0.25, 0.3) is 0 Å². The summed E-state index contributed by atoms with van der Waals surface area (Å²) in [5.41, 5.74) is 1.01. The van der Waals surface area contributed by atoms with Crippen LogP contribution in [0.15, 0.2) is 23.3 Å². The van der Waals surface area contributed by atoms with Crippen LogP contribution in [0.4, 0.5) is 0 Å². The van der Waals surface area contributed by atoms with E-state index >= 15 is 0 Å². The van der Waals surface area contributed by atoms with Crippen LogP contribution in [0.3, 0.4) is 0 Å². The number of hydrogen-bond acceptors (Lipinski definition) is 4. The molecule has 0 aromatic carbocycles. The lowest BCUT2D eigenvalue weighted by molar-refractivity contribution is 0.0258. The van der Waals surface area contributed by atoms with Crippen LogP contribution in [0.5, 0.6) is 5.88 Å². The molecule has 1 heterocycles. The summed E-state index contributed by atoms with van der Waals surface area (Å²) >= 11 is 0. The Bertz CT molecular complexity index is 492. The van der Waals surface area contributed by atoms with Crippen LogP contribution in [0.25, 0.3) is 0 Å². The van der Waals surface area contributed by atoms with Gasteiger partial charge in [0.05, 0.1) is 12.7 Å². The van der Waals surface area contributed by atoms with Crippen molar-refractivity contribution in [3.63, 3.8) is 0 Å². The van der Waals surface area contributed by atoms with Crippen molar-refractivity contribution < 1.29 is 9.47 Å². The van der Waals surface area contributed by atoms with Crippen LogP contribution in [0, 0.1) is 5.92 Å². The van der Waals surface area contributed by atoms with Crippen molar-refractivity contribution in [1.82, 2.24) is 15.6 Å². The fourth-order valence-electron chi connectivity index (χ4n) is 2.38. The SMILES string of the molecule is CCOc1ncccc1CNC(=NC)NCCC(OCC)C(C)C. The summed E-state index contributed by atoms with van der Waals surface area (Å²) in [7, 11) is 1.77. The van der Waals surface area contributed by atoms with E-state index in [-0.39, 0.29) is 6.10 Å². The Hall–Kier alpha value is -1.82. The number of aromatic nitrogens is 1. The van der Waals surface area contributed by atoms with Gasteiger partial charge in [-0.25, -0.2) is 4.98 Å². The number of hydrogen-bond donors (Lipinski definition) is 2. The molecule has 6 nitrogen and oxygen atoms in total. The summed E-state index contributed by atoms with van der Waals surface area (Å²) in [6.07, 6.45) is 2.95. The Labute approximate surface area is 146 Å². The van der Waals surface area contributed by atoms with Crippen LogP contribution in [-0.2, 0) is 11.3 Å². The number of pyridine rings is 1. The number of nitrogens with one attached hydrogen (secondary N) is 2. The van der Waals surface area contributed by atoms with Crippen LogP contribution in [-0.4, -0.2) is 43.9 Å². The molecule has 0 aliphatic heterocycles. The molecule has 0 fully saturated rings. The molecule has 0 amide bonds. The van der Waals surface area contributed by atoms with Crippen molar-refractivity contribution in [2.24, 2.45) is 10.9 Å². The molecule has 0 radical (unpaired) electrons. The Morgan fingerprint density at radius 3 is 2.67 bits per heavy atom. The minimum atomic E-state index is 0.267. The van der Waals surface area contributed by atoms with E-state index < -0.39 is 0 Å². The quantitative estimate of drug-likeness (QED) is 0.508. The first-order valence-corrected chi connectivity index (χ1v) is 8.75. The van der Waals surface area contributed by atoms with Gasteiger partial charge in [-0.15, -0.1) is 0 Å². The lowest BCUT2D eigenvalue weighted by Gasteiger charge is -2.21. The van der Waals surface area contributed by atoms with Gasteiger partial charge in [-0.3, -0.25) is 4.99 Å². The van der Waals surface area contributed by atoms with Gasteiger partial charge in [0.1, 0.15) is 0 Å². The molecule has 0 spiro atoms. The van der Waals surface area contributed by atoms with E-state index in [1.807, 2.05) is 26.0 Å². The Balaban J connectivity index is 2.46. The van der Waals surface area contributed by atoms with Crippen LogP contribution in [0.1, 0.15) is 39.7 Å². The van der Waals surface area contributed by atoms with Crippen molar-refractivity contribution in [2.45, 2.75) is 46.8 Å². The molecule has 6 heteroatoms. The molecule has 1 atom stereocenters. The number of guanidine groups is 1. The predicted molar refractivity (Wildman–Crippen MR) is 98.5 cm³/mol. The van der Waals surface area contributed by atoms with Crippen molar-refractivity contribution >= 4 is 5.96 Å². The van der Waals surface area contributed by atoms with E-state index in [1.165, 1.54) is 0 Å². The van der Waals surface area contributed by atoms with E-state index in [0.717, 1.165) is 31.1 Å². The average molecular weight is 336 g/mol. The lowest BCUT2D eigenvalue weighted by Crippen LogP contribution is -2.39. The predicted octanol–water partition coefficient (Wildman–Crippen LogP) is 2.60. The smallest absolute Gasteiger partial charge is 0.218 e. The van der Waals surface area contributed by atoms with Gasteiger partial charge in [0.2, 0.25) is 5.88 Å². The second kappa shape index (κ2) is 11.7. The van der Waals surface area contributed by atoms with Gasteiger partial charge in [-0.1, -0.05) is 19.9 Å². The largest absolute Gasteiger partial charge is 0.478 e. The second-order valence-corrected chi connectivity index (χ2v) is 5.78. The highest BCUT2D eigenvalue weighted by molar-refractivity contribution is 5.79. The number of ether oxygens (including phenoxy) is 2. The first-order chi connectivity index (χ1) is 11.6. The molecule has 0 aliphatic carbocycles. The summed E-state index contributed by atoms with van der Waals surface area (Å²) in [6.45, 7) is 11.1. The van der Waals surface area contributed by atoms with E-state index in [4.69, 9.17) is 9.47 Å². The topological polar surface area (TPSA) is 67.8 Å². The Morgan fingerprint density at radius 1 is 1.25 bits per heavy atom. The average Bonchev–Trinajstić information content (AvgIpc) is 2.58. The number of nitrogens with zero attached hydrogens (tertiary/aromatic N) is 2. The molecule has 1 aromatic rings. The van der Waals surface area contributed by atoms with Crippen LogP contribution in [0.2, 0.25) is 0 Å². The highest BCUT2D eigenvalue weighted by Crippen LogP contribution is 2.13. The molecule has 24 heavy (non-hydrogen) atoms. The molecule has 2 N–H and O–H groups in total. The maximum atomic E-state index is 5.77. The summed E-state index contributed by atoms with van der Waals surface area (Å²) in [5, 5.41) is 6.63. The van der Waals surface area contributed by atoms with Gasteiger partial charge in [-0.2, -0.15) is 0 Å². The van der Waals surface area contributed by atoms with Gasteiger partial charge < -0.3 is 20.1 Å². The third-order valence-corrected chi connectivity index (χ3v) is 3.65. The zero-order valence-corrected chi connectivity index (χ0v) is 15.6. The zero-order valence-electron chi connectivity index (χ0n) is 15.6. The third kappa shape index (κ3) is 7.17. The molecule has 0 saturated heterocycles. The summed E-state index contributed by atoms with van der Waals surface area (Å²) in [6, 6.07) is 3.91. The molecular formula is C18H32N4O2. The summed E-state index contributed by atoms with van der Waals surface area (Å²) < 4.78 is 11.3. The monoisotopic (exact) mass is 336 g/mol. The Kier molecular flexibility index (Phi) is 9.84. The third-order valence-electron chi connectivity index (χ3n) is 3.65. The number of aliphatic imine (C=N–C) groups is 1. The maximum Gasteiger partial charge on any atom is 0.218 e. The van der Waals surface area contributed by atoms with Crippen molar-refractivity contribution in [1.29, 1.82) is 0 Å². The molecule has 1 aromatic heterocycles. The Morgan fingerprint density at radius 2 is 2.04 bits per heavy atom. The normalized spacial score (nSPS) is 13.0. The van der Waals surface area contributed by atoms with E-state index in [1.54, 1.807) is 13.2 Å². The van der Waals surface area contributed by atoms with E-state index in [0.29, 0.717) is 24.9 Å². The van der Waals surface area contributed by atoms with Crippen LogP contribution >= 0.6 is 0 Å². The molecule has 0 aliphatic rings. The molecule has 1 unspecified atom stereocenters. The molecule has 136 valence electrons. The van der Waals surface area contributed by atoms with Crippen molar-refractivity contribution in [3.8, 4) is 5.88 Å². The highest BCUT2D eigenvalue weighted by atomic mass is 16.5. The standard InChI is InChI=1S/C18H32N4O2/c1-6-23-16(14(3)4)10-12-21-18(19-5)22-13-15-9-8-11-20-17(15)24-7-2/h8-9,11,14,16H,6-7,10,12-13H2,1-5H3,(H2,19,21,22). The molecule has 1 rings (SSSR count). The second-order valence-electron chi connectivity index (χ2n) is 5.78. The van der Waals surface area contributed by atoms with E-state index in [9.17, 15) is 0 Å². The molecular weight excluding hydrogens is 304 g/mol. The minimum Gasteiger partial charge on any atom is -0.478 e. The fourth-order valence-corrected chi connectivity index (χ4v) is 2.38. The van der Waals surface area contributed by atoms with Crippen molar-refractivity contribution in [3.05, 3.63) is 23.9 Å². The van der Waals surface area contributed by atoms with E-state index in [2.05, 4.69) is 34.5 Å². The van der Waals surface area contributed by atoms with Gasteiger partial charge >= 0.3 is 0 Å². The first-order valence-electron chi connectivity index (χ1n) is 8.75. The molecule has 0 bridgehead atoms. The maximum absolute atomic E-state index is 5.77. The first kappa shape index (κ1) is 20.2. The van der Waals surface area contributed by atoms with Crippen LogP contribution < -0.4 is 15.4 Å². The number of rotatable bonds is 10. The van der Waals surface area contributed by atoms with Gasteiger partial charge in [0.15, 0.2) is 5.96 Å². The fraction of sp³-hybridized carbons (Fsp3) is 0.667. The summed E-state index contributed by atoms with van der Waals surface area (Å²) in [4.78, 5) is 8.52. The highest BCUT2D eigenvalue weighted by Gasteiger charge is 2.13. The molecule has 0 saturated carbocycles. The lowest BCUT2D eigenvalue weighted by atomic mass is 10.0. The van der Waals surface area contributed by atoms with Gasteiger partial charge in [-0.05, 0) is 32.3 Å². The minimum absolute atomic E-state index is 0.267. The van der Waals surface area contributed by atoms with Crippen molar-refractivity contribution in [2.75, 3.05) is 26.8 Å². The van der Waals surface area contributed by atoms with Gasteiger partial charge in [0, 0.05) is 38.5 Å². The zero-order chi connectivity index (χ0) is 17.8.